The van der Waals surface area contributed by atoms with E-state index in [0.717, 1.165) is 16.8 Å². The largest absolute Gasteiger partial charge is 0.503 e. The Morgan fingerprint density at radius 2 is 1.91 bits per heavy atom. The van der Waals surface area contributed by atoms with Crippen molar-refractivity contribution in [2.75, 3.05) is 11.9 Å². The third-order valence-electron chi connectivity index (χ3n) is 3.49. The summed E-state index contributed by atoms with van der Waals surface area (Å²) in [7, 11) is 0. The number of aromatic hydroxyl groups is 1. The number of amides is 2. The van der Waals surface area contributed by atoms with Gasteiger partial charge in [0.2, 0.25) is 18.6 Å². The van der Waals surface area contributed by atoms with Crippen molar-refractivity contribution >= 4 is 17.5 Å². The fourth-order valence-electron chi connectivity index (χ4n) is 2.09. The maximum absolute atomic E-state index is 11.9. The summed E-state index contributed by atoms with van der Waals surface area (Å²) in [5.41, 5.74) is 2.83. The van der Waals surface area contributed by atoms with Crippen molar-refractivity contribution in [2.45, 2.75) is 20.4 Å². The Balaban J connectivity index is 1.84. The van der Waals surface area contributed by atoms with Gasteiger partial charge in [-0.1, -0.05) is 12.1 Å². The number of hydrogen-bond donors (Lipinski definition) is 3. The predicted octanol–water partition coefficient (Wildman–Crippen LogP) is 1.05. The van der Waals surface area contributed by atoms with Crippen molar-refractivity contribution in [1.29, 1.82) is 0 Å². The Hall–Kier alpha value is -2.89. The quantitative estimate of drug-likeness (QED) is 0.722. The number of carbonyl (C=O) groups excluding carboxylic acids is 2. The van der Waals surface area contributed by atoms with Gasteiger partial charge in [0.15, 0.2) is 11.9 Å². The molecule has 2 rings (SSSR count). The molecule has 0 unspecified atom stereocenters. The van der Waals surface area contributed by atoms with Crippen LogP contribution in [0, 0.1) is 13.8 Å². The molecule has 0 radical (unpaired) electrons. The Labute approximate surface area is 134 Å². The van der Waals surface area contributed by atoms with Crippen LogP contribution in [0.1, 0.15) is 11.1 Å². The molecule has 1 heterocycles. The average Bonchev–Trinajstić information content (AvgIpc) is 2.50. The van der Waals surface area contributed by atoms with Crippen molar-refractivity contribution in [3.8, 4) is 5.75 Å². The van der Waals surface area contributed by atoms with Gasteiger partial charge in [0, 0.05) is 11.8 Å². The molecule has 0 saturated carbocycles. The fraction of sp³-hybridized carbons (Fsp3) is 0.235. The van der Waals surface area contributed by atoms with Gasteiger partial charge in [-0.05, 0) is 37.1 Å². The van der Waals surface area contributed by atoms with Crippen LogP contribution in [-0.2, 0) is 16.1 Å². The first kappa shape index (κ1) is 16.5. The molecule has 0 saturated heterocycles. The van der Waals surface area contributed by atoms with E-state index in [1.54, 1.807) is 12.3 Å². The van der Waals surface area contributed by atoms with Gasteiger partial charge in [0.05, 0.1) is 6.54 Å². The molecule has 0 spiro atoms. The van der Waals surface area contributed by atoms with E-state index in [9.17, 15) is 14.7 Å². The molecule has 120 valence electrons. The van der Waals surface area contributed by atoms with E-state index in [1.807, 2.05) is 32.0 Å². The minimum atomic E-state index is -0.309. The first-order valence-corrected chi connectivity index (χ1v) is 7.26. The molecule has 0 fully saturated rings. The molecular weight excluding hydrogens is 294 g/mol. The zero-order valence-electron chi connectivity index (χ0n) is 13.2. The molecule has 2 aromatic rings. The van der Waals surface area contributed by atoms with Crippen LogP contribution in [-0.4, -0.2) is 23.5 Å². The molecule has 0 aliphatic rings. The minimum Gasteiger partial charge on any atom is -0.503 e. The summed E-state index contributed by atoms with van der Waals surface area (Å²) >= 11 is 0. The molecule has 23 heavy (non-hydrogen) atoms. The van der Waals surface area contributed by atoms with Crippen molar-refractivity contribution in [3.63, 3.8) is 0 Å². The van der Waals surface area contributed by atoms with Gasteiger partial charge in [0.1, 0.15) is 0 Å². The standard InChI is InChI=1S/C17H19N3O3/c1-12-5-3-7-15(13(12)2)19-16(22)9-18-17(23)11-20-8-4-6-14(21)10-20/h3-8,10H,9,11H2,1-2H3,(H2-,18,19,21,22,23)/p+1. The number of aromatic nitrogens is 1. The second-order valence-corrected chi connectivity index (χ2v) is 5.31. The number of rotatable bonds is 5. The topological polar surface area (TPSA) is 82.3 Å². The highest BCUT2D eigenvalue weighted by molar-refractivity contribution is 5.95. The lowest BCUT2D eigenvalue weighted by atomic mass is 10.1. The number of nitrogens with one attached hydrogen (secondary N) is 2. The third-order valence-corrected chi connectivity index (χ3v) is 3.49. The van der Waals surface area contributed by atoms with Crippen LogP contribution in [0.4, 0.5) is 5.69 Å². The summed E-state index contributed by atoms with van der Waals surface area (Å²) in [4.78, 5) is 23.7. The van der Waals surface area contributed by atoms with Crippen LogP contribution in [0.3, 0.4) is 0 Å². The molecule has 0 aliphatic carbocycles. The van der Waals surface area contributed by atoms with Gasteiger partial charge in [0.25, 0.3) is 5.91 Å². The highest BCUT2D eigenvalue weighted by Gasteiger charge is 2.12. The van der Waals surface area contributed by atoms with Crippen molar-refractivity contribution in [1.82, 2.24) is 5.32 Å². The van der Waals surface area contributed by atoms with E-state index in [-0.39, 0.29) is 30.7 Å². The lowest BCUT2D eigenvalue weighted by Crippen LogP contribution is -2.44. The van der Waals surface area contributed by atoms with Crippen molar-refractivity contribution < 1.29 is 19.3 Å². The second kappa shape index (κ2) is 7.40. The van der Waals surface area contributed by atoms with Crippen molar-refractivity contribution in [2.24, 2.45) is 0 Å². The molecule has 0 aliphatic heterocycles. The van der Waals surface area contributed by atoms with Gasteiger partial charge in [-0.25, -0.2) is 0 Å². The number of carbonyl (C=O) groups is 2. The molecular formula is C17H20N3O3+. The summed E-state index contributed by atoms with van der Waals surface area (Å²) in [6.45, 7) is 3.83. The van der Waals surface area contributed by atoms with Gasteiger partial charge < -0.3 is 15.7 Å². The number of pyridine rings is 1. The summed E-state index contributed by atoms with van der Waals surface area (Å²) < 4.78 is 1.53. The third kappa shape index (κ3) is 4.81. The lowest BCUT2D eigenvalue weighted by molar-refractivity contribution is -0.684. The summed E-state index contributed by atoms with van der Waals surface area (Å²) in [6.07, 6.45) is 3.10. The normalized spacial score (nSPS) is 10.2. The van der Waals surface area contributed by atoms with E-state index in [1.165, 1.54) is 16.8 Å². The highest BCUT2D eigenvalue weighted by Crippen LogP contribution is 2.17. The van der Waals surface area contributed by atoms with Crippen LogP contribution >= 0.6 is 0 Å². The monoisotopic (exact) mass is 314 g/mol. The summed E-state index contributed by atoms with van der Waals surface area (Å²) in [5.74, 6) is -0.516. The number of anilines is 1. The van der Waals surface area contributed by atoms with Crippen LogP contribution in [0.25, 0.3) is 0 Å². The molecule has 0 bridgehead atoms. The Morgan fingerprint density at radius 3 is 2.65 bits per heavy atom. The molecule has 1 aromatic carbocycles. The minimum absolute atomic E-state index is 0.0329. The Kier molecular flexibility index (Phi) is 5.30. The van der Waals surface area contributed by atoms with Gasteiger partial charge in [-0.3, -0.25) is 9.59 Å². The first-order valence-electron chi connectivity index (χ1n) is 7.26. The highest BCUT2D eigenvalue weighted by atomic mass is 16.3. The molecule has 0 atom stereocenters. The van der Waals surface area contributed by atoms with E-state index >= 15 is 0 Å². The van der Waals surface area contributed by atoms with Gasteiger partial charge in [-0.2, -0.15) is 4.57 Å². The van der Waals surface area contributed by atoms with Crippen LogP contribution in [0.15, 0.2) is 42.7 Å². The molecule has 2 amide bonds. The fourth-order valence-corrected chi connectivity index (χ4v) is 2.09. The summed E-state index contributed by atoms with van der Waals surface area (Å²) in [5, 5.41) is 14.7. The average molecular weight is 314 g/mol. The second-order valence-electron chi connectivity index (χ2n) is 5.31. The van der Waals surface area contributed by atoms with Gasteiger partial charge in [-0.15, -0.1) is 0 Å². The van der Waals surface area contributed by atoms with Crippen LogP contribution < -0.4 is 15.2 Å². The Morgan fingerprint density at radius 1 is 1.13 bits per heavy atom. The maximum atomic E-state index is 11.9. The predicted molar refractivity (Wildman–Crippen MR) is 85.9 cm³/mol. The van der Waals surface area contributed by atoms with E-state index in [0.29, 0.717) is 0 Å². The zero-order valence-corrected chi connectivity index (χ0v) is 13.2. The Bertz CT molecular complexity index is 729. The lowest BCUT2D eigenvalue weighted by Gasteiger charge is -2.10. The zero-order chi connectivity index (χ0) is 16.8. The van der Waals surface area contributed by atoms with Crippen LogP contribution in [0.2, 0.25) is 0 Å². The van der Waals surface area contributed by atoms with E-state index in [4.69, 9.17) is 0 Å². The number of benzene rings is 1. The molecule has 6 heteroatoms. The smallest absolute Gasteiger partial charge is 0.286 e. The number of nitrogens with zero attached hydrogens (tertiary/aromatic N) is 1. The molecule has 3 N–H and O–H groups in total. The molecule has 1 aromatic heterocycles. The SMILES string of the molecule is Cc1cccc(NC(=O)CNC(=O)C[n+]2cccc(O)c2)c1C. The maximum Gasteiger partial charge on any atom is 0.286 e. The van der Waals surface area contributed by atoms with Crippen molar-refractivity contribution in [3.05, 3.63) is 53.9 Å². The van der Waals surface area contributed by atoms with E-state index < -0.39 is 0 Å². The van der Waals surface area contributed by atoms with Gasteiger partial charge >= 0.3 is 0 Å². The first-order chi connectivity index (χ1) is 11.0. The molecule has 6 nitrogen and oxygen atoms in total. The number of aryl methyl sites for hydroxylation is 1. The van der Waals surface area contributed by atoms with E-state index in [2.05, 4.69) is 10.6 Å². The van der Waals surface area contributed by atoms with Crippen LogP contribution in [0.5, 0.6) is 5.75 Å². The number of hydrogen-bond acceptors (Lipinski definition) is 3. The summed E-state index contributed by atoms with van der Waals surface area (Å²) in [6, 6.07) is 8.82.